The zero-order chi connectivity index (χ0) is 39.1. The van der Waals surface area contributed by atoms with Crippen molar-refractivity contribution in [2.45, 2.75) is 219 Å². The molecule has 0 aromatic heterocycles. The summed E-state index contributed by atoms with van der Waals surface area (Å²) in [6.07, 6.45) is 6.72. The summed E-state index contributed by atoms with van der Waals surface area (Å²) >= 11 is 0. The number of esters is 4. The van der Waals surface area contributed by atoms with Crippen molar-refractivity contribution in [1.29, 1.82) is 0 Å². The van der Waals surface area contributed by atoms with Gasteiger partial charge in [0.15, 0.2) is 0 Å². The van der Waals surface area contributed by atoms with Crippen LogP contribution in [-0.2, 0) is 57.1 Å². The van der Waals surface area contributed by atoms with Gasteiger partial charge in [-0.15, -0.1) is 0 Å². The van der Waals surface area contributed by atoms with Gasteiger partial charge in [-0.3, -0.25) is 19.2 Å². The lowest BCUT2D eigenvalue weighted by Crippen LogP contribution is -2.34. The van der Waals surface area contributed by atoms with Gasteiger partial charge in [-0.25, -0.2) is 0 Å². The third-order valence-electron chi connectivity index (χ3n) is 12.6. The molecule has 5 saturated heterocycles. The quantitative estimate of drug-likeness (QED) is 0.216. The number of rotatable bonds is 2. The fourth-order valence-electron chi connectivity index (χ4n) is 8.88. The minimum absolute atomic E-state index is 0.115. The van der Waals surface area contributed by atoms with Gasteiger partial charge >= 0.3 is 23.9 Å². The smallest absolute Gasteiger partial charge is 0.311 e. The summed E-state index contributed by atoms with van der Waals surface area (Å²) in [5.74, 6) is -2.88. The normalized spacial score (nSPS) is 44.0. The molecule has 0 aromatic carbocycles. The van der Waals surface area contributed by atoms with Gasteiger partial charge in [-0.05, 0) is 106 Å². The van der Waals surface area contributed by atoms with Gasteiger partial charge in [0.2, 0.25) is 0 Å². The lowest BCUT2D eigenvalue weighted by atomic mass is 9.99. The van der Waals surface area contributed by atoms with Crippen LogP contribution in [0.15, 0.2) is 0 Å². The molecule has 5 aliphatic rings. The van der Waals surface area contributed by atoms with Crippen LogP contribution >= 0.6 is 0 Å². The second-order valence-electron chi connectivity index (χ2n) is 17.0. The molecular weight excluding hydrogens is 696 g/mol. The van der Waals surface area contributed by atoms with E-state index in [1.54, 1.807) is 0 Å². The molecule has 5 rings (SSSR count). The molecule has 0 aliphatic carbocycles. The van der Waals surface area contributed by atoms with Crippen LogP contribution in [0.1, 0.15) is 145 Å². The first-order chi connectivity index (χ1) is 25.7. The fourth-order valence-corrected chi connectivity index (χ4v) is 8.88. The van der Waals surface area contributed by atoms with Gasteiger partial charge < -0.3 is 37.9 Å². The van der Waals surface area contributed by atoms with Gasteiger partial charge in [0.25, 0.3) is 0 Å². The number of hydrogen-bond donors (Lipinski definition) is 0. The predicted octanol–water partition coefficient (Wildman–Crippen LogP) is 6.80. The molecule has 0 N–H and O–H groups in total. The lowest BCUT2D eigenvalue weighted by Gasteiger charge is -2.26. The number of carbonyl (C=O) groups excluding carboxylic acids is 4. The Bertz CT molecular complexity index is 1160. The Kier molecular flexibility index (Phi) is 15.7. The van der Waals surface area contributed by atoms with E-state index in [0.717, 1.165) is 51.4 Å². The second-order valence-corrected chi connectivity index (χ2v) is 17.0. The van der Waals surface area contributed by atoms with Gasteiger partial charge in [0.1, 0.15) is 24.4 Å². The number of ether oxygens (including phenoxy) is 8. The minimum atomic E-state index is -0.435. The topological polar surface area (TPSA) is 142 Å². The molecule has 308 valence electrons. The molecule has 0 aromatic rings. The van der Waals surface area contributed by atoms with E-state index in [1.807, 2.05) is 55.4 Å². The standard InChI is InChI=1S/C42H68O12/c1-9-29-21-33-13-17-35(51-33)25(5)39(43)47-24(4)20-32-12-16-38(50-32)28(8)42(46)54-30(10-2)22-34-14-18-36(52-34)26(6)40(44)48-23(3)19-31-11-15-37(49-31)27(7)41(45)53-29/h23-38H,9-22H2,1-8H3/t23-,24-,25+,26+,27-,28+,29-,30-,31-,32-,33-,34-,35-,36-,37-,38-/m1/s1. The molecular formula is C42H68O12. The molecule has 5 aliphatic heterocycles. The third-order valence-corrected chi connectivity index (χ3v) is 12.6. The monoisotopic (exact) mass is 764 g/mol. The Morgan fingerprint density at radius 1 is 0.389 bits per heavy atom. The summed E-state index contributed by atoms with van der Waals surface area (Å²) in [6.45, 7) is 15.2. The lowest BCUT2D eigenvalue weighted by molar-refractivity contribution is -0.162. The average Bonchev–Trinajstić information content (AvgIpc) is 3.98. The van der Waals surface area contributed by atoms with Crippen molar-refractivity contribution in [3.8, 4) is 0 Å². The molecule has 12 nitrogen and oxygen atoms in total. The van der Waals surface area contributed by atoms with Crippen molar-refractivity contribution in [3.05, 3.63) is 0 Å². The highest BCUT2D eigenvalue weighted by Gasteiger charge is 2.41. The summed E-state index contributed by atoms with van der Waals surface area (Å²) in [7, 11) is 0. The van der Waals surface area contributed by atoms with Crippen LogP contribution in [0.25, 0.3) is 0 Å². The molecule has 5 heterocycles. The van der Waals surface area contributed by atoms with E-state index in [2.05, 4.69) is 0 Å². The second kappa shape index (κ2) is 19.7. The van der Waals surface area contributed by atoms with Crippen molar-refractivity contribution in [3.63, 3.8) is 0 Å². The Hall–Kier alpha value is -2.28. The van der Waals surface area contributed by atoms with E-state index in [-0.39, 0.29) is 97.1 Å². The molecule has 16 atom stereocenters. The Morgan fingerprint density at radius 2 is 0.648 bits per heavy atom. The highest BCUT2D eigenvalue weighted by Crippen LogP contribution is 2.35. The zero-order valence-electron chi connectivity index (χ0n) is 34.0. The number of carbonyl (C=O) groups is 4. The molecule has 0 amide bonds. The molecule has 5 fully saturated rings. The first-order valence-electron chi connectivity index (χ1n) is 21.2. The predicted molar refractivity (Wildman–Crippen MR) is 198 cm³/mol. The zero-order valence-corrected chi connectivity index (χ0v) is 34.0. The molecule has 8 bridgehead atoms. The third kappa shape index (κ3) is 11.4. The van der Waals surface area contributed by atoms with Crippen LogP contribution in [0.4, 0.5) is 0 Å². The van der Waals surface area contributed by atoms with Gasteiger partial charge in [-0.2, -0.15) is 0 Å². The van der Waals surface area contributed by atoms with E-state index in [1.165, 1.54) is 0 Å². The van der Waals surface area contributed by atoms with Crippen LogP contribution in [-0.4, -0.2) is 97.1 Å². The van der Waals surface area contributed by atoms with Crippen molar-refractivity contribution in [1.82, 2.24) is 0 Å². The Labute approximate surface area is 322 Å². The minimum Gasteiger partial charge on any atom is -0.462 e. The van der Waals surface area contributed by atoms with Crippen molar-refractivity contribution < 1.29 is 57.1 Å². The van der Waals surface area contributed by atoms with Crippen LogP contribution in [0, 0.1) is 23.7 Å². The SMILES string of the molecule is CC[C@@H]1C[C@H]2CC[C@@H](O2)[C@H](C)C(=O)O[C@H](C)C[C@H]2CC[C@@H](O2)[C@@H](C)C(=O)O[C@H](CC)C[C@H]2CC[C@@H](O2)[C@H](C)C(=O)O[C@H](C)C[C@H]2CC[C@@H](O2)[C@H](C)C(=O)O1. The van der Waals surface area contributed by atoms with E-state index in [4.69, 9.17) is 37.9 Å². The largest absolute Gasteiger partial charge is 0.462 e. The number of fused-ring (bicyclic) bond motifs is 8. The molecule has 0 saturated carbocycles. The first-order valence-corrected chi connectivity index (χ1v) is 21.2. The average molecular weight is 765 g/mol. The highest BCUT2D eigenvalue weighted by atomic mass is 16.6. The summed E-state index contributed by atoms with van der Waals surface area (Å²) in [5.41, 5.74) is 0. The first kappa shape index (κ1) is 42.9. The Balaban J connectivity index is 1.22. The summed E-state index contributed by atoms with van der Waals surface area (Å²) in [6, 6.07) is 0. The molecule has 0 spiro atoms. The van der Waals surface area contributed by atoms with E-state index in [0.29, 0.717) is 38.5 Å². The van der Waals surface area contributed by atoms with E-state index in [9.17, 15) is 19.2 Å². The van der Waals surface area contributed by atoms with Crippen molar-refractivity contribution in [2.24, 2.45) is 23.7 Å². The van der Waals surface area contributed by atoms with Gasteiger partial charge in [-0.1, -0.05) is 13.8 Å². The fraction of sp³-hybridized carbons (Fsp3) is 0.905. The molecule has 54 heavy (non-hydrogen) atoms. The van der Waals surface area contributed by atoms with Crippen molar-refractivity contribution >= 4 is 23.9 Å². The van der Waals surface area contributed by atoms with Gasteiger partial charge in [0.05, 0.1) is 72.5 Å². The number of hydrogen-bond acceptors (Lipinski definition) is 12. The molecule has 12 heteroatoms. The number of cyclic esters (lactones) is 4. The van der Waals surface area contributed by atoms with Crippen LogP contribution in [0.5, 0.6) is 0 Å². The van der Waals surface area contributed by atoms with Crippen LogP contribution in [0.3, 0.4) is 0 Å². The highest BCUT2D eigenvalue weighted by molar-refractivity contribution is 5.74. The van der Waals surface area contributed by atoms with Crippen LogP contribution < -0.4 is 0 Å². The van der Waals surface area contributed by atoms with Gasteiger partial charge in [0, 0.05) is 25.7 Å². The van der Waals surface area contributed by atoms with E-state index < -0.39 is 23.7 Å². The summed E-state index contributed by atoms with van der Waals surface area (Å²) in [5, 5.41) is 0. The summed E-state index contributed by atoms with van der Waals surface area (Å²) < 4.78 is 49.0. The summed E-state index contributed by atoms with van der Waals surface area (Å²) in [4.78, 5) is 53.0. The Morgan fingerprint density at radius 3 is 0.926 bits per heavy atom. The maximum absolute atomic E-state index is 13.3. The maximum atomic E-state index is 13.3. The molecule has 0 unspecified atom stereocenters. The van der Waals surface area contributed by atoms with Crippen molar-refractivity contribution in [2.75, 3.05) is 0 Å². The maximum Gasteiger partial charge on any atom is 0.311 e. The van der Waals surface area contributed by atoms with E-state index >= 15 is 0 Å². The van der Waals surface area contributed by atoms with Crippen LogP contribution in [0.2, 0.25) is 0 Å². The molecule has 0 radical (unpaired) electrons.